The van der Waals surface area contributed by atoms with Crippen LogP contribution in [0.3, 0.4) is 0 Å². The Morgan fingerprint density at radius 1 is 1.18 bits per heavy atom. The van der Waals surface area contributed by atoms with Crippen LogP contribution in [0.25, 0.3) is 0 Å². The van der Waals surface area contributed by atoms with E-state index in [9.17, 15) is 4.79 Å². The van der Waals surface area contributed by atoms with Crippen LogP contribution in [0, 0.1) is 0 Å². The molecule has 144 valence electrons. The molecule has 4 rings (SSSR count). The zero-order chi connectivity index (χ0) is 19.3. The number of fused-ring (bicyclic) bond motifs is 1. The fraction of sp³-hybridized carbons (Fsp3) is 0.250. The summed E-state index contributed by atoms with van der Waals surface area (Å²) in [5.74, 6) is 1.22. The van der Waals surface area contributed by atoms with Gasteiger partial charge in [0.25, 0.3) is 5.91 Å². The summed E-state index contributed by atoms with van der Waals surface area (Å²) in [6.45, 7) is 1.44. The number of hydrogen-bond donors (Lipinski definition) is 1. The van der Waals surface area contributed by atoms with Gasteiger partial charge in [-0.15, -0.1) is 5.10 Å². The molecule has 7 nitrogen and oxygen atoms in total. The molecule has 0 aliphatic carbocycles. The summed E-state index contributed by atoms with van der Waals surface area (Å²) < 4.78 is 13.2. The van der Waals surface area contributed by atoms with Crippen LogP contribution in [0.5, 0.6) is 11.5 Å². The van der Waals surface area contributed by atoms with E-state index < -0.39 is 0 Å². The summed E-state index contributed by atoms with van der Waals surface area (Å²) in [6, 6.07) is 15.0. The smallest absolute Gasteiger partial charge is 0.273 e. The molecule has 0 fully saturated rings. The molecule has 1 atom stereocenters. The highest BCUT2D eigenvalue weighted by molar-refractivity contribution is 6.30. The SMILES string of the molecule is O=C(NCCC1COc2ccccc2O1)c1cn(Cc2ccc(Cl)cc2)nn1. The number of para-hydroxylation sites is 2. The average Bonchev–Trinajstić information content (AvgIpc) is 3.18. The Morgan fingerprint density at radius 3 is 2.79 bits per heavy atom. The van der Waals surface area contributed by atoms with Crippen LogP contribution >= 0.6 is 11.6 Å². The van der Waals surface area contributed by atoms with Crippen molar-refractivity contribution in [1.82, 2.24) is 20.3 Å². The summed E-state index contributed by atoms with van der Waals surface area (Å²) in [7, 11) is 0. The summed E-state index contributed by atoms with van der Waals surface area (Å²) in [4.78, 5) is 12.3. The Balaban J connectivity index is 1.25. The molecule has 0 spiro atoms. The van der Waals surface area contributed by atoms with Crippen LogP contribution in [0.2, 0.25) is 5.02 Å². The van der Waals surface area contributed by atoms with E-state index in [4.69, 9.17) is 21.1 Å². The number of ether oxygens (including phenoxy) is 2. The molecule has 1 unspecified atom stereocenters. The Kier molecular flexibility index (Phi) is 5.43. The van der Waals surface area contributed by atoms with E-state index in [0.717, 1.165) is 17.1 Å². The fourth-order valence-electron chi connectivity index (χ4n) is 2.90. The minimum atomic E-state index is -0.264. The minimum absolute atomic E-state index is 0.101. The van der Waals surface area contributed by atoms with Gasteiger partial charge in [-0.25, -0.2) is 4.68 Å². The molecular weight excluding hydrogens is 380 g/mol. The third-order valence-electron chi connectivity index (χ3n) is 4.35. The normalized spacial score (nSPS) is 15.2. The molecule has 0 radical (unpaired) electrons. The summed E-state index contributed by atoms with van der Waals surface area (Å²) >= 11 is 5.89. The minimum Gasteiger partial charge on any atom is -0.486 e. The predicted octanol–water partition coefficient (Wildman–Crippen LogP) is 2.94. The van der Waals surface area contributed by atoms with E-state index >= 15 is 0 Å². The standard InChI is InChI=1S/C20H19ClN4O3/c21-15-7-5-14(6-8-15)11-25-12-17(23-24-25)20(26)22-10-9-16-13-27-18-3-1-2-4-19(18)28-16/h1-8,12,16H,9-11,13H2,(H,22,26). The highest BCUT2D eigenvalue weighted by Crippen LogP contribution is 2.31. The number of nitrogens with one attached hydrogen (secondary N) is 1. The lowest BCUT2D eigenvalue weighted by Gasteiger charge is -2.26. The number of halogens is 1. The van der Waals surface area contributed by atoms with Crippen molar-refractivity contribution in [3.05, 3.63) is 71.0 Å². The lowest BCUT2D eigenvalue weighted by Crippen LogP contribution is -2.34. The second kappa shape index (κ2) is 8.31. The van der Waals surface area contributed by atoms with Crippen LogP contribution < -0.4 is 14.8 Å². The first kappa shape index (κ1) is 18.3. The zero-order valence-corrected chi connectivity index (χ0v) is 15.8. The number of benzene rings is 2. The predicted molar refractivity (Wildman–Crippen MR) is 104 cm³/mol. The van der Waals surface area contributed by atoms with Gasteiger partial charge in [0.1, 0.15) is 12.7 Å². The maximum Gasteiger partial charge on any atom is 0.273 e. The molecule has 3 aromatic rings. The van der Waals surface area contributed by atoms with Crippen LogP contribution in [-0.2, 0) is 6.54 Å². The van der Waals surface area contributed by atoms with Crippen LogP contribution in [0.1, 0.15) is 22.5 Å². The molecule has 1 aliphatic heterocycles. The summed E-state index contributed by atoms with van der Waals surface area (Å²) in [6.07, 6.45) is 2.16. The maximum absolute atomic E-state index is 12.3. The zero-order valence-electron chi connectivity index (χ0n) is 15.0. The molecule has 0 bridgehead atoms. The van der Waals surface area contributed by atoms with Gasteiger partial charge in [-0.05, 0) is 29.8 Å². The third kappa shape index (κ3) is 4.43. The molecule has 8 heteroatoms. The second-order valence-corrected chi connectivity index (χ2v) is 6.91. The van der Waals surface area contributed by atoms with E-state index in [1.54, 1.807) is 10.9 Å². The average molecular weight is 399 g/mol. The number of carbonyl (C=O) groups excluding carboxylic acids is 1. The second-order valence-electron chi connectivity index (χ2n) is 6.47. The van der Waals surface area contributed by atoms with Gasteiger partial charge in [0.15, 0.2) is 17.2 Å². The number of amides is 1. The molecule has 28 heavy (non-hydrogen) atoms. The number of nitrogens with zero attached hydrogens (tertiary/aromatic N) is 3. The molecule has 2 aromatic carbocycles. The number of hydrogen-bond acceptors (Lipinski definition) is 5. The van der Waals surface area contributed by atoms with Crippen molar-refractivity contribution in [1.29, 1.82) is 0 Å². The Bertz CT molecular complexity index is 958. The van der Waals surface area contributed by atoms with Crippen molar-refractivity contribution in [3.63, 3.8) is 0 Å². The van der Waals surface area contributed by atoms with E-state index in [-0.39, 0.29) is 17.7 Å². The first-order chi connectivity index (χ1) is 13.7. The molecule has 0 saturated heterocycles. The molecular formula is C20H19ClN4O3. The lowest BCUT2D eigenvalue weighted by atomic mass is 10.2. The quantitative estimate of drug-likeness (QED) is 0.690. The molecule has 2 heterocycles. The first-order valence-electron chi connectivity index (χ1n) is 8.98. The van der Waals surface area contributed by atoms with Gasteiger partial charge in [-0.3, -0.25) is 4.79 Å². The number of carbonyl (C=O) groups is 1. The van der Waals surface area contributed by atoms with Crippen molar-refractivity contribution >= 4 is 17.5 Å². The lowest BCUT2D eigenvalue weighted by molar-refractivity contribution is 0.0811. The van der Waals surface area contributed by atoms with E-state index in [1.165, 1.54) is 0 Å². The van der Waals surface area contributed by atoms with E-state index in [1.807, 2.05) is 48.5 Å². The topological polar surface area (TPSA) is 78.3 Å². The Hall–Kier alpha value is -3.06. The summed E-state index contributed by atoms with van der Waals surface area (Å²) in [5.41, 5.74) is 1.30. The van der Waals surface area contributed by atoms with E-state index in [2.05, 4.69) is 15.6 Å². The largest absolute Gasteiger partial charge is 0.486 e. The van der Waals surface area contributed by atoms with Crippen molar-refractivity contribution in [3.8, 4) is 11.5 Å². The van der Waals surface area contributed by atoms with Gasteiger partial charge < -0.3 is 14.8 Å². The van der Waals surface area contributed by atoms with Crippen LogP contribution in [-0.4, -0.2) is 40.2 Å². The molecule has 1 N–H and O–H groups in total. The van der Waals surface area contributed by atoms with Crippen LogP contribution in [0.4, 0.5) is 0 Å². The maximum atomic E-state index is 12.3. The van der Waals surface area contributed by atoms with Crippen LogP contribution in [0.15, 0.2) is 54.7 Å². The van der Waals surface area contributed by atoms with Crippen molar-refractivity contribution in [2.75, 3.05) is 13.2 Å². The van der Waals surface area contributed by atoms with Gasteiger partial charge in [-0.1, -0.05) is 41.1 Å². The van der Waals surface area contributed by atoms with Crippen molar-refractivity contribution in [2.24, 2.45) is 0 Å². The van der Waals surface area contributed by atoms with Gasteiger partial charge in [0, 0.05) is 18.0 Å². The first-order valence-corrected chi connectivity index (χ1v) is 9.36. The number of rotatable bonds is 6. The van der Waals surface area contributed by atoms with Gasteiger partial charge >= 0.3 is 0 Å². The summed E-state index contributed by atoms with van der Waals surface area (Å²) in [5, 5.41) is 11.5. The van der Waals surface area contributed by atoms with Gasteiger partial charge in [0.2, 0.25) is 0 Å². The highest BCUT2D eigenvalue weighted by atomic mass is 35.5. The Labute approximate surface area is 167 Å². The monoisotopic (exact) mass is 398 g/mol. The third-order valence-corrected chi connectivity index (χ3v) is 4.60. The van der Waals surface area contributed by atoms with Crippen molar-refractivity contribution < 1.29 is 14.3 Å². The molecule has 1 aliphatic rings. The molecule has 1 aromatic heterocycles. The fourth-order valence-corrected chi connectivity index (χ4v) is 3.03. The number of aromatic nitrogens is 3. The molecule has 0 saturated carbocycles. The molecule has 1 amide bonds. The van der Waals surface area contributed by atoms with Crippen molar-refractivity contribution in [2.45, 2.75) is 19.1 Å². The van der Waals surface area contributed by atoms with Gasteiger partial charge in [-0.2, -0.15) is 0 Å². The Morgan fingerprint density at radius 2 is 1.96 bits per heavy atom. The highest BCUT2D eigenvalue weighted by Gasteiger charge is 2.20. The van der Waals surface area contributed by atoms with Gasteiger partial charge in [0.05, 0.1) is 12.7 Å². The van der Waals surface area contributed by atoms with E-state index in [0.29, 0.717) is 31.1 Å².